The molecule has 0 amide bonds. The third-order valence-corrected chi connectivity index (χ3v) is 3.71. The summed E-state index contributed by atoms with van der Waals surface area (Å²) in [7, 11) is 1.65. The molecule has 0 spiro atoms. The zero-order chi connectivity index (χ0) is 17.3. The lowest BCUT2D eigenvalue weighted by atomic mass is 10.0. The number of hydrogen-bond acceptors (Lipinski definition) is 4. The molecule has 0 atom stereocenters. The fraction of sp³-hybridized carbons (Fsp3) is 0.0952. The maximum atomic E-state index is 5.49. The Kier molecular flexibility index (Phi) is 5.80. The van der Waals surface area contributed by atoms with Crippen molar-refractivity contribution in [1.82, 2.24) is 5.59 Å². The van der Waals surface area contributed by atoms with Crippen LogP contribution in [-0.2, 0) is 11.4 Å². The Labute approximate surface area is 147 Å². The van der Waals surface area contributed by atoms with Crippen LogP contribution in [0.2, 0.25) is 0 Å². The molecule has 0 heterocycles. The fourth-order valence-corrected chi connectivity index (χ4v) is 2.48. The highest BCUT2D eigenvalue weighted by molar-refractivity contribution is 6.14. The van der Waals surface area contributed by atoms with Gasteiger partial charge in [-0.05, 0) is 17.7 Å². The van der Waals surface area contributed by atoms with Crippen LogP contribution < -0.4 is 10.3 Å². The van der Waals surface area contributed by atoms with Crippen LogP contribution in [0.1, 0.15) is 16.7 Å². The first-order chi connectivity index (χ1) is 12.4. The fourth-order valence-electron chi connectivity index (χ4n) is 2.48. The molecule has 0 aliphatic heterocycles. The Balaban J connectivity index is 1.81. The zero-order valence-electron chi connectivity index (χ0n) is 14.1. The average molecular weight is 332 g/mol. The zero-order valence-corrected chi connectivity index (χ0v) is 14.1. The molecule has 4 nitrogen and oxygen atoms in total. The molecule has 25 heavy (non-hydrogen) atoms. The van der Waals surface area contributed by atoms with Gasteiger partial charge in [-0.25, -0.2) is 0 Å². The van der Waals surface area contributed by atoms with Crippen molar-refractivity contribution in [3.05, 3.63) is 102 Å². The first kappa shape index (κ1) is 16.7. The van der Waals surface area contributed by atoms with Crippen LogP contribution in [0.4, 0.5) is 0 Å². The lowest BCUT2D eigenvalue weighted by Gasteiger charge is -2.12. The second kappa shape index (κ2) is 8.66. The summed E-state index contributed by atoms with van der Waals surface area (Å²) in [6, 6.07) is 27.7. The van der Waals surface area contributed by atoms with E-state index in [2.05, 4.69) is 10.7 Å². The second-order valence-electron chi connectivity index (χ2n) is 5.39. The van der Waals surface area contributed by atoms with E-state index in [0.717, 1.165) is 28.2 Å². The molecule has 0 saturated heterocycles. The molecular weight excluding hydrogens is 312 g/mol. The molecule has 0 aromatic heterocycles. The molecule has 3 aromatic rings. The predicted octanol–water partition coefficient (Wildman–Crippen LogP) is 4.17. The molecule has 0 aliphatic rings. The van der Waals surface area contributed by atoms with Crippen LogP contribution in [0.25, 0.3) is 0 Å². The Morgan fingerprint density at radius 3 is 2.20 bits per heavy atom. The van der Waals surface area contributed by atoms with E-state index in [1.165, 1.54) is 0 Å². The SMILES string of the molecule is COc1ccccc1C(=NNOCc1ccccc1)c1ccccc1. The van der Waals surface area contributed by atoms with Gasteiger partial charge in [-0.3, -0.25) is 4.84 Å². The summed E-state index contributed by atoms with van der Waals surface area (Å²) in [6.45, 7) is 0.429. The normalized spacial score (nSPS) is 11.2. The van der Waals surface area contributed by atoms with Crippen LogP contribution in [0, 0.1) is 0 Å². The minimum Gasteiger partial charge on any atom is -0.496 e. The summed E-state index contributed by atoms with van der Waals surface area (Å²) >= 11 is 0. The van der Waals surface area contributed by atoms with Crippen molar-refractivity contribution >= 4 is 5.71 Å². The van der Waals surface area contributed by atoms with Crippen molar-refractivity contribution in [1.29, 1.82) is 0 Å². The van der Waals surface area contributed by atoms with Crippen molar-refractivity contribution in [3.8, 4) is 5.75 Å². The van der Waals surface area contributed by atoms with Gasteiger partial charge in [0.05, 0.1) is 7.11 Å². The van der Waals surface area contributed by atoms with Gasteiger partial charge in [0.25, 0.3) is 0 Å². The molecule has 0 bridgehead atoms. The Hall–Kier alpha value is -3.11. The van der Waals surface area contributed by atoms with Crippen molar-refractivity contribution in [3.63, 3.8) is 0 Å². The summed E-state index contributed by atoms with van der Waals surface area (Å²) in [5.41, 5.74) is 6.41. The minimum atomic E-state index is 0.429. The standard InChI is InChI=1S/C21H20N2O2/c1-24-20-15-9-8-14-19(20)21(18-12-6-3-7-13-18)22-23-25-16-17-10-4-2-5-11-17/h2-15,23H,16H2,1H3. The number of benzene rings is 3. The van der Waals surface area contributed by atoms with Gasteiger partial charge >= 0.3 is 0 Å². The molecule has 0 aliphatic carbocycles. The summed E-state index contributed by atoms with van der Waals surface area (Å²) in [5.74, 6) is 0.759. The van der Waals surface area contributed by atoms with E-state index in [-0.39, 0.29) is 0 Å². The van der Waals surface area contributed by atoms with Gasteiger partial charge in [-0.2, -0.15) is 10.7 Å². The number of rotatable bonds is 7. The molecule has 1 N–H and O–H groups in total. The number of methoxy groups -OCH3 is 1. The van der Waals surface area contributed by atoms with E-state index in [0.29, 0.717) is 6.61 Å². The molecule has 4 heteroatoms. The number of hydrogen-bond donors (Lipinski definition) is 1. The number of ether oxygens (including phenoxy) is 1. The molecule has 0 saturated carbocycles. The number of hydrazone groups is 1. The summed E-state index contributed by atoms with van der Waals surface area (Å²) < 4.78 is 5.47. The van der Waals surface area contributed by atoms with Gasteiger partial charge in [0.1, 0.15) is 18.1 Å². The molecule has 3 rings (SSSR count). The van der Waals surface area contributed by atoms with Gasteiger partial charge in [0, 0.05) is 11.1 Å². The summed E-state index contributed by atoms with van der Waals surface area (Å²) in [6.07, 6.45) is 0. The summed E-state index contributed by atoms with van der Waals surface area (Å²) in [4.78, 5) is 5.49. The van der Waals surface area contributed by atoms with Gasteiger partial charge in [0.2, 0.25) is 0 Å². The van der Waals surface area contributed by atoms with Gasteiger partial charge in [0.15, 0.2) is 0 Å². The molecule has 126 valence electrons. The lowest BCUT2D eigenvalue weighted by molar-refractivity contribution is 0.0300. The van der Waals surface area contributed by atoms with E-state index in [1.807, 2.05) is 84.9 Å². The Bertz CT molecular complexity index is 818. The van der Waals surface area contributed by atoms with E-state index in [9.17, 15) is 0 Å². The van der Waals surface area contributed by atoms with E-state index < -0.39 is 0 Å². The first-order valence-electron chi connectivity index (χ1n) is 8.05. The predicted molar refractivity (Wildman–Crippen MR) is 99.4 cm³/mol. The molecule has 0 unspecified atom stereocenters. The second-order valence-corrected chi connectivity index (χ2v) is 5.39. The maximum absolute atomic E-state index is 5.49. The third-order valence-electron chi connectivity index (χ3n) is 3.71. The van der Waals surface area contributed by atoms with Crippen molar-refractivity contribution in [2.75, 3.05) is 7.11 Å². The molecule has 0 radical (unpaired) electrons. The largest absolute Gasteiger partial charge is 0.496 e. The quantitative estimate of drug-likeness (QED) is 0.401. The number of nitrogens with zero attached hydrogens (tertiary/aromatic N) is 1. The van der Waals surface area contributed by atoms with Crippen molar-refractivity contribution < 1.29 is 9.57 Å². The average Bonchev–Trinajstić information content (AvgIpc) is 2.69. The first-order valence-corrected chi connectivity index (χ1v) is 8.05. The van der Waals surface area contributed by atoms with Gasteiger partial charge in [-0.15, -0.1) is 0 Å². The van der Waals surface area contributed by atoms with Crippen LogP contribution >= 0.6 is 0 Å². The number of nitrogens with one attached hydrogen (secondary N) is 1. The Morgan fingerprint density at radius 1 is 0.840 bits per heavy atom. The highest BCUT2D eigenvalue weighted by atomic mass is 16.7. The van der Waals surface area contributed by atoms with Gasteiger partial charge in [-0.1, -0.05) is 72.8 Å². The van der Waals surface area contributed by atoms with Crippen LogP contribution in [-0.4, -0.2) is 12.8 Å². The van der Waals surface area contributed by atoms with Crippen molar-refractivity contribution in [2.24, 2.45) is 5.10 Å². The monoisotopic (exact) mass is 332 g/mol. The number of para-hydroxylation sites is 1. The topological polar surface area (TPSA) is 42.8 Å². The highest BCUT2D eigenvalue weighted by Crippen LogP contribution is 2.21. The Morgan fingerprint density at radius 2 is 1.48 bits per heavy atom. The van der Waals surface area contributed by atoms with Crippen molar-refractivity contribution in [2.45, 2.75) is 6.61 Å². The van der Waals surface area contributed by atoms with E-state index in [4.69, 9.17) is 9.57 Å². The lowest BCUT2D eigenvalue weighted by Crippen LogP contribution is -2.14. The molecule has 0 fully saturated rings. The van der Waals surface area contributed by atoms with E-state index >= 15 is 0 Å². The van der Waals surface area contributed by atoms with Crippen LogP contribution in [0.5, 0.6) is 5.75 Å². The minimum absolute atomic E-state index is 0.429. The van der Waals surface area contributed by atoms with Crippen LogP contribution in [0.3, 0.4) is 0 Å². The smallest absolute Gasteiger partial charge is 0.128 e. The summed E-state index contributed by atoms with van der Waals surface area (Å²) in [5, 5.41) is 4.45. The maximum Gasteiger partial charge on any atom is 0.128 e. The molecule has 3 aromatic carbocycles. The molecular formula is C21H20N2O2. The van der Waals surface area contributed by atoms with Crippen LogP contribution in [0.15, 0.2) is 90.0 Å². The highest BCUT2D eigenvalue weighted by Gasteiger charge is 2.12. The third kappa shape index (κ3) is 4.46. The van der Waals surface area contributed by atoms with E-state index in [1.54, 1.807) is 7.11 Å². The van der Waals surface area contributed by atoms with Gasteiger partial charge < -0.3 is 4.74 Å².